The molecule has 5 heteroatoms. The maximum atomic E-state index is 12.5. The first-order chi connectivity index (χ1) is 9.10. The van der Waals surface area contributed by atoms with Crippen molar-refractivity contribution in [3.05, 3.63) is 33.8 Å². The topological polar surface area (TPSA) is 32.3 Å². The molecule has 0 atom stereocenters. The van der Waals surface area contributed by atoms with Gasteiger partial charge in [0.15, 0.2) is 0 Å². The van der Waals surface area contributed by atoms with E-state index in [-0.39, 0.29) is 18.3 Å². The monoisotopic (exact) mass is 360 g/mol. The molecule has 20 heavy (non-hydrogen) atoms. The Hall–Kier alpha value is -0.580. The van der Waals surface area contributed by atoms with Crippen LogP contribution in [0.4, 0.5) is 0 Å². The molecular formula is C15H22BrClN2O. The number of hydrogen-bond donors (Lipinski definition) is 1. The van der Waals surface area contributed by atoms with Crippen molar-refractivity contribution in [3.8, 4) is 0 Å². The molecule has 1 amide bonds. The van der Waals surface area contributed by atoms with Crippen molar-refractivity contribution >= 4 is 34.2 Å². The van der Waals surface area contributed by atoms with Gasteiger partial charge in [0.1, 0.15) is 0 Å². The highest BCUT2D eigenvalue weighted by Crippen LogP contribution is 2.21. The fourth-order valence-corrected chi connectivity index (χ4v) is 3.28. The number of aryl methyl sites for hydroxylation is 1. The van der Waals surface area contributed by atoms with E-state index in [4.69, 9.17) is 0 Å². The summed E-state index contributed by atoms with van der Waals surface area (Å²) in [6.45, 7) is 4.81. The summed E-state index contributed by atoms with van der Waals surface area (Å²) in [5, 5.41) is 3.22. The number of nitrogens with zero attached hydrogens (tertiary/aromatic N) is 1. The van der Waals surface area contributed by atoms with Gasteiger partial charge in [-0.1, -0.05) is 15.9 Å². The summed E-state index contributed by atoms with van der Waals surface area (Å²) in [6.07, 6.45) is 2.19. The van der Waals surface area contributed by atoms with E-state index < -0.39 is 0 Å². The molecule has 1 aliphatic heterocycles. The van der Waals surface area contributed by atoms with Crippen LogP contribution in [0.2, 0.25) is 0 Å². The minimum absolute atomic E-state index is 0. The van der Waals surface area contributed by atoms with Crippen LogP contribution in [0.5, 0.6) is 0 Å². The van der Waals surface area contributed by atoms with Crippen LogP contribution in [-0.4, -0.2) is 37.5 Å². The highest BCUT2D eigenvalue weighted by atomic mass is 79.9. The molecule has 0 aliphatic carbocycles. The molecule has 0 aromatic heterocycles. The Morgan fingerprint density at radius 1 is 1.35 bits per heavy atom. The lowest BCUT2D eigenvalue weighted by Crippen LogP contribution is -2.40. The second kappa shape index (κ2) is 8.01. The van der Waals surface area contributed by atoms with E-state index in [2.05, 4.69) is 21.2 Å². The second-order valence-corrected chi connectivity index (χ2v) is 6.23. The van der Waals surface area contributed by atoms with E-state index in [1.165, 1.54) is 0 Å². The Bertz CT molecular complexity index is 439. The lowest BCUT2D eigenvalue weighted by Gasteiger charge is -2.32. The zero-order chi connectivity index (χ0) is 13.8. The summed E-state index contributed by atoms with van der Waals surface area (Å²) in [6, 6.07) is 5.90. The van der Waals surface area contributed by atoms with Crippen LogP contribution in [0.25, 0.3) is 0 Å². The molecule has 1 aliphatic rings. The van der Waals surface area contributed by atoms with Crippen LogP contribution >= 0.6 is 28.3 Å². The highest BCUT2D eigenvalue weighted by molar-refractivity contribution is 9.10. The number of carbonyl (C=O) groups is 1. The number of hydrogen-bond acceptors (Lipinski definition) is 2. The highest BCUT2D eigenvalue weighted by Gasteiger charge is 2.23. The second-order valence-electron chi connectivity index (χ2n) is 5.31. The minimum Gasteiger partial charge on any atom is -0.339 e. The van der Waals surface area contributed by atoms with E-state index in [9.17, 15) is 4.79 Å². The van der Waals surface area contributed by atoms with Gasteiger partial charge in [-0.2, -0.15) is 0 Å². The standard InChI is InChI=1S/C15H21BrN2O.ClH/c1-11-7-13(9-14(16)8-11)15(19)18-5-3-12(4-6-18)10-17-2;/h7-9,12,17H,3-6,10H2,1-2H3;1H. The van der Waals surface area contributed by atoms with Crippen LogP contribution in [0, 0.1) is 12.8 Å². The fraction of sp³-hybridized carbons (Fsp3) is 0.533. The van der Waals surface area contributed by atoms with Crippen molar-refractivity contribution in [1.82, 2.24) is 10.2 Å². The van der Waals surface area contributed by atoms with E-state index in [1.54, 1.807) is 0 Å². The van der Waals surface area contributed by atoms with Gasteiger partial charge < -0.3 is 10.2 Å². The minimum atomic E-state index is 0. The number of amides is 1. The quantitative estimate of drug-likeness (QED) is 0.896. The van der Waals surface area contributed by atoms with E-state index in [0.29, 0.717) is 5.92 Å². The molecular weight excluding hydrogens is 340 g/mol. The Kier molecular flexibility index (Phi) is 7.00. The lowest BCUT2D eigenvalue weighted by atomic mass is 9.96. The first kappa shape index (κ1) is 17.5. The molecule has 0 spiro atoms. The number of halogens is 2. The van der Waals surface area contributed by atoms with Gasteiger partial charge in [0, 0.05) is 23.1 Å². The first-order valence-corrected chi connectivity index (χ1v) is 7.60. The molecule has 1 saturated heterocycles. The number of benzene rings is 1. The maximum Gasteiger partial charge on any atom is 0.253 e. The zero-order valence-corrected chi connectivity index (χ0v) is 14.4. The molecule has 0 unspecified atom stereocenters. The van der Waals surface area contributed by atoms with Crippen molar-refractivity contribution in [1.29, 1.82) is 0 Å². The number of carbonyl (C=O) groups excluding carboxylic acids is 1. The summed E-state index contributed by atoms with van der Waals surface area (Å²) >= 11 is 3.46. The molecule has 0 bridgehead atoms. The van der Waals surface area contributed by atoms with E-state index >= 15 is 0 Å². The SMILES string of the molecule is CNCC1CCN(C(=O)c2cc(C)cc(Br)c2)CC1.Cl. The first-order valence-electron chi connectivity index (χ1n) is 6.81. The van der Waals surface area contributed by atoms with Gasteiger partial charge in [0.2, 0.25) is 0 Å². The van der Waals surface area contributed by atoms with Crippen LogP contribution in [0.3, 0.4) is 0 Å². The average Bonchev–Trinajstić information content (AvgIpc) is 2.38. The molecule has 0 saturated carbocycles. The van der Waals surface area contributed by atoms with E-state index in [0.717, 1.165) is 48.1 Å². The smallest absolute Gasteiger partial charge is 0.253 e. The summed E-state index contributed by atoms with van der Waals surface area (Å²) in [5.74, 6) is 0.866. The number of piperidine rings is 1. The number of rotatable bonds is 3. The van der Waals surface area contributed by atoms with Crippen molar-refractivity contribution in [2.45, 2.75) is 19.8 Å². The molecule has 0 radical (unpaired) electrons. The molecule has 3 nitrogen and oxygen atoms in total. The predicted octanol–water partition coefficient (Wildman–Crippen LogP) is 3.25. The third-order valence-electron chi connectivity index (χ3n) is 3.68. The molecule has 1 aromatic rings. The Balaban J connectivity index is 0.00000200. The fourth-order valence-electron chi connectivity index (χ4n) is 2.67. The number of likely N-dealkylation sites (tertiary alicyclic amines) is 1. The summed E-state index contributed by atoms with van der Waals surface area (Å²) < 4.78 is 0.973. The van der Waals surface area contributed by atoms with Crippen molar-refractivity contribution < 1.29 is 4.79 Å². The zero-order valence-electron chi connectivity index (χ0n) is 12.0. The number of nitrogens with one attached hydrogen (secondary N) is 1. The lowest BCUT2D eigenvalue weighted by molar-refractivity contribution is 0.0690. The largest absolute Gasteiger partial charge is 0.339 e. The van der Waals surface area contributed by atoms with Gasteiger partial charge in [0.05, 0.1) is 0 Å². The van der Waals surface area contributed by atoms with Gasteiger partial charge in [-0.05, 0) is 63.0 Å². The van der Waals surface area contributed by atoms with Gasteiger partial charge in [-0.25, -0.2) is 0 Å². The van der Waals surface area contributed by atoms with Crippen LogP contribution in [0.15, 0.2) is 22.7 Å². The molecule has 1 N–H and O–H groups in total. The van der Waals surface area contributed by atoms with Crippen molar-refractivity contribution in [3.63, 3.8) is 0 Å². The summed E-state index contributed by atoms with van der Waals surface area (Å²) in [5.41, 5.74) is 1.90. The molecule has 1 fully saturated rings. The van der Waals surface area contributed by atoms with Crippen molar-refractivity contribution in [2.24, 2.45) is 5.92 Å². The Labute approximate surface area is 135 Å². The predicted molar refractivity (Wildman–Crippen MR) is 88.7 cm³/mol. The van der Waals surface area contributed by atoms with Gasteiger partial charge in [-0.3, -0.25) is 4.79 Å². The average molecular weight is 362 g/mol. The van der Waals surface area contributed by atoms with Gasteiger partial charge in [0.25, 0.3) is 5.91 Å². The third kappa shape index (κ3) is 4.47. The molecule has 112 valence electrons. The van der Waals surface area contributed by atoms with Gasteiger partial charge in [-0.15, -0.1) is 12.4 Å². The van der Waals surface area contributed by atoms with Gasteiger partial charge >= 0.3 is 0 Å². The van der Waals surface area contributed by atoms with Crippen LogP contribution in [0.1, 0.15) is 28.8 Å². The van der Waals surface area contributed by atoms with Crippen LogP contribution < -0.4 is 5.32 Å². The molecule has 1 heterocycles. The Morgan fingerprint density at radius 3 is 2.55 bits per heavy atom. The maximum absolute atomic E-state index is 12.5. The summed E-state index contributed by atoms with van der Waals surface area (Å²) in [7, 11) is 1.99. The normalized spacial score (nSPS) is 15.8. The third-order valence-corrected chi connectivity index (χ3v) is 4.14. The molecule has 1 aromatic carbocycles. The van der Waals surface area contributed by atoms with Crippen molar-refractivity contribution in [2.75, 3.05) is 26.7 Å². The van der Waals surface area contributed by atoms with E-state index in [1.807, 2.05) is 37.1 Å². The molecule has 2 rings (SSSR count). The van der Waals surface area contributed by atoms with Crippen LogP contribution in [-0.2, 0) is 0 Å². The Morgan fingerprint density at radius 2 is 2.00 bits per heavy atom. The summed E-state index contributed by atoms with van der Waals surface area (Å²) in [4.78, 5) is 14.4.